The first-order valence-electron chi connectivity index (χ1n) is 6.97. The first-order valence-corrected chi connectivity index (χ1v) is 8.62. The summed E-state index contributed by atoms with van der Waals surface area (Å²) >= 11 is 0. The van der Waals surface area contributed by atoms with Crippen LogP contribution in [0.2, 0.25) is 0 Å². The van der Waals surface area contributed by atoms with Gasteiger partial charge in [0, 0.05) is 11.7 Å². The Balaban J connectivity index is 1.85. The molecular weight excluding hydrogens is 276 g/mol. The molecule has 0 amide bonds. The maximum Gasteiger partial charge on any atom is 0.232 e. The zero-order valence-corrected chi connectivity index (χ0v) is 12.6. The highest BCUT2D eigenvalue weighted by molar-refractivity contribution is 7.92. The first-order chi connectivity index (χ1) is 9.59. The van der Waals surface area contributed by atoms with Crippen molar-refractivity contribution in [3.05, 3.63) is 24.3 Å². The summed E-state index contributed by atoms with van der Waals surface area (Å²) in [6.45, 7) is 0.997. The van der Waals surface area contributed by atoms with Gasteiger partial charge in [0.25, 0.3) is 0 Å². The van der Waals surface area contributed by atoms with Crippen LogP contribution in [0.5, 0.6) is 5.75 Å². The summed E-state index contributed by atoms with van der Waals surface area (Å²) in [4.78, 5) is 0. The van der Waals surface area contributed by atoms with E-state index in [2.05, 4.69) is 10.0 Å². The number of nitrogens with one attached hydrogen (secondary N) is 2. The summed E-state index contributed by atoms with van der Waals surface area (Å²) in [5, 5.41) is 3.36. The minimum atomic E-state index is -3.28. The Kier molecular flexibility index (Phi) is 5.25. The molecule has 1 aliphatic heterocycles. The third-order valence-corrected chi connectivity index (χ3v) is 4.83. The fourth-order valence-electron chi connectivity index (χ4n) is 2.36. The van der Waals surface area contributed by atoms with Gasteiger partial charge < -0.3 is 10.1 Å². The molecule has 1 aromatic rings. The van der Waals surface area contributed by atoms with Crippen LogP contribution >= 0.6 is 0 Å². The van der Waals surface area contributed by atoms with Gasteiger partial charge in [-0.25, -0.2) is 8.42 Å². The Bertz CT molecular complexity index is 508. The van der Waals surface area contributed by atoms with Crippen molar-refractivity contribution in [3.8, 4) is 5.75 Å². The monoisotopic (exact) mass is 298 g/mol. The number of hydrogen-bond donors (Lipinski definition) is 2. The second-order valence-electron chi connectivity index (χ2n) is 5.08. The molecule has 1 saturated heterocycles. The highest BCUT2D eigenvalue weighted by atomic mass is 32.2. The van der Waals surface area contributed by atoms with Crippen molar-refractivity contribution in [1.82, 2.24) is 5.32 Å². The number of benzene rings is 1. The van der Waals surface area contributed by atoms with Crippen LogP contribution < -0.4 is 14.8 Å². The van der Waals surface area contributed by atoms with Crippen LogP contribution in [0, 0.1) is 0 Å². The van der Waals surface area contributed by atoms with E-state index in [1.165, 1.54) is 12.8 Å². The molecule has 112 valence electrons. The Hall–Kier alpha value is -1.27. The lowest BCUT2D eigenvalue weighted by atomic mass is 10.0. The van der Waals surface area contributed by atoms with Crippen molar-refractivity contribution < 1.29 is 13.2 Å². The van der Waals surface area contributed by atoms with Crippen molar-refractivity contribution in [1.29, 1.82) is 0 Å². The summed E-state index contributed by atoms with van der Waals surface area (Å²) in [7, 11) is -1.70. The molecule has 1 atom stereocenters. The Morgan fingerprint density at radius 2 is 2.05 bits per heavy atom. The molecule has 1 aliphatic rings. The van der Waals surface area contributed by atoms with E-state index in [1.807, 2.05) is 0 Å². The lowest BCUT2D eigenvalue weighted by Crippen LogP contribution is -2.36. The number of anilines is 1. The largest absolute Gasteiger partial charge is 0.497 e. The molecule has 20 heavy (non-hydrogen) atoms. The van der Waals surface area contributed by atoms with Crippen LogP contribution in [-0.2, 0) is 10.0 Å². The van der Waals surface area contributed by atoms with Gasteiger partial charge in [0.1, 0.15) is 5.75 Å². The maximum absolute atomic E-state index is 12.0. The van der Waals surface area contributed by atoms with E-state index in [0.717, 1.165) is 13.0 Å². The van der Waals surface area contributed by atoms with Crippen LogP contribution in [0.4, 0.5) is 5.69 Å². The smallest absolute Gasteiger partial charge is 0.232 e. The summed E-state index contributed by atoms with van der Waals surface area (Å²) in [5.41, 5.74) is 0.572. The minimum Gasteiger partial charge on any atom is -0.497 e. The van der Waals surface area contributed by atoms with Gasteiger partial charge >= 0.3 is 0 Å². The fourth-order valence-corrected chi connectivity index (χ4v) is 3.55. The Morgan fingerprint density at radius 1 is 1.30 bits per heavy atom. The molecular formula is C14H22N2O3S. The molecule has 5 nitrogen and oxygen atoms in total. The predicted molar refractivity (Wildman–Crippen MR) is 80.7 cm³/mol. The third kappa shape index (κ3) is 4.68. The van der Waals surface area contributed by atoms with Crippen molar-refractivity contribution in [2.75, 3.05) is 24.1 Å². The van der Waals surface area contributed by atoms with Crippen molar-refractivity contribution in [2.24, 2.45) is 0 Å². The maximum atomic E-state index is 12.0. The number of piperidine rings is 1. The normalized spacial score (nSPS) is 19.6. The molecule has 0 aliphatic carbocycles. The molecule has 0 aromatic heterocycles. The summed E-state index contributed by atoms with van der Waals surface area (Å²) in [6, 6.07) is 7.21. The standard InChI is InChI=1S/C14H22N2O3S/c1-19-14-7-5-13(6-8-14)16-20(17,18)11-9-12-4-2-3-10-15-12/h5-8,12,15-16H,2-4,9-11H2,1H3. The van der Waals surface area contributed by atoms with Gasteiger partial charge in [-0.3, -0.25) is 4.72 Å². The Morgan fingerprint density at radius 3 is 2.65 bits per heavy atom. The Labute approximate surface area is 120 Å². The van der Waals surface area contributed by atoms with Crippen LogP contribution in [0.15, 0.2) is 24.3 Å². The molecule has 0 spiro atoms. The van der Waals surface area contributed by atoms with E-state index >= 15 is 0 Å². The lowest BCUT2D eigenvalue weighted by molar-refractivity contribution is 0.393. The molecule has 0 bridgehead atoms. The topological polar surface area (TPSA) is 67.4 Å². The van der Waals surface area contributed by atoms with Gasteiger partial charge in [-0.05, 0) is 50.1 Å². The first kappa shape index (κ1) is 15.1. The molecule has 0 saturated carbocycles. The van der Waals surface area contributed by atoms with E-state index in [9.17, 15) is 8.42 Å². The van der Waals surface area contributed by atoms with Crippen molar-refractivity contribution in [2.45, 2.75) is 31.7 Å². The molecule has 0 radical (unpaired) electrons. The minimum absolute atomic E-state index is 0.149. The van der Waals surface area contributed by atoms with Crippen LogP contribution in [0.3, 0.4) is 0 Å². The molecule has 1 aromatic carbocycles. The van der Waals surface area contributed by atoms with Gasteiger partial charge in [0.15, 0.2) is 0 Å². The average Bonchev–Trinajstić information content (AvgIpc) is 2.47. The molecule has 1 fully saturated rings. The second kappa shape index (κ2) is 6.95. The third-order valence-electron chi connectivity index (χ3n) is 3.51. The molecule has 2 N–H and O–H groups in total. The van der Waals surface area contributed by atoms with Crippen LogP contribution in [0.25, 0.3) is 0 Å². The van der Waals surface area contributed by atoms with Crippen LogP contribution in [-0.4, -0.2) is 33.9 Å². The van der Waals surface area contributed by atoms with Crippen molar-refractivity contribution in [3.63, 3.8) is 0 Å². The number of ether oxygens (including phenoxy) is 1. The SMILES string of the molecule is COc1ccc(NS(=O)(=O)CCC2CCCCN2)cc1. The van der Waals surface area contributed by atoms with Gasteiger partial charge in [0.05, 0.1) is 12.9 Å². The molecule has 1 heterocycles. The molecule has 6 heteroatoms. The van der Waals surface area contributed by atoms with E-state index in [-0.39, 0.29) is 5.75 Å². The predicted octanol–water partition coefficient (Wildman–Crippen LogP) is 1.97. The highest BCUT2D eigenvalue weighted by Crippen LogP contribution is 2.17. The zero-order valence-electron chi connectivity index (χ0n) is 11.8. The second-order valence-corrected chi connectivity index (χ2v) is 6.93. The van der Waals surface area contributed by atoms with E-state index in [1.54, 1.807) is 31.4 Å². The number of hydrogen-bond acceptors (Lipinski definition) is 4. The van der Waals surface area contributed by atoms with Gasteiger partial charge in [-0.2, -0.15) is 0 Å². The van der Waals surface area contributed by atoms with Gasteiger partial charge in [-0.1, -0.05) is 6.42 Å². The quantitative estimate of drug-likeness (QED) is 0.842. The molecule has 2 rings (SSSR count). The summed E-state index contributed by atoms with van der Waals surface area (Å²) < 4.78 is 31.7. The number of methoxy groups -OCH3 is 1. The summed E-state index contributed by atoms with van der Waals surface area (Å²) in [6.07, 6.45) is 4.10. The van der Waals surface area contributed by atoms with E-state index in [4.69, 9.17) is 4.74 Å². The highest BCUT2D eigenvalue weighted by Gasteiger charge is 2.17. The summed E-state index contributed by atoms with van der Waals surface area (Å²) in [5.74, 6) is 0.857. The van der Waals surface area contributed by atoms with E-state index in [0.29, 0.717) is 23.9 Å². The number of rotatable bonds is 6. The number of sulfonamides is 1. The molecule has 1 unspecified atom stereocenters. The van der Waals surface area contributed by atoms with Crippen LogP contribution in [0.1, 0.15) is 25.7 Å². The van der Waals surface area contributed by atoms with Gasteiger partial charge in [-0.15, -0.1) is 0 Å². The van der Waals surface area contributed by atoms with Crippen molar-refractivity contribution >= 4 is 15.7 Å². The fraction of sp³-hybridized carbons (Fsp3) is 0.571. The lowest BCUT2D eigenvalue weighted by Gasteiger charge is -2.23. The average molecular weight is 298 g/mol. The van der Waals surface area contributed by atoms with E-state index < -0.39 is 10.0 Å². The zero-order chi connectivity index (χ0) is 14.4. The van der Waals surface area contributed by atoms with Gasteiger partial charge in [0.2, 0.25) is 10.0 Å².